The van der Waals surface area contributed by atoms with Crippen molar-refractivity contribution in [2.75, 3.05) is 13.1 Å². The summed E-state index contributed by atoms with van der Waals surface area (Å²) >= 11 is 0. The molecule has 0 aromatic carbocycles. The summed E-state index contributed by atoms with van der Waals surface area (Å²) in [7, 11) is 0. The number of rotatable bonds is 2. The topological polar surface area (TPSA) is 83.6 Å². The van der Waals surface area contributed by atoms with Crippen molar-refractivity contribution in [3.63, 3.8) is 0 Å². The number of aliphatic carboxylic acids is 1. The van der Waals surface area contributed by atoms with Crippen LogP contribution in [0.3, 0.4) is 0 Å². The molecule has 2 heterocycles. The number of carbonyl (C=O) groups excluding carboxylic acids is 1. The Morgan fingerprint density at radius 1 is 1.29 bits per heavy atom. The molecule has 6 nitrogen and oxygen atoms in total. The molecular formula is C15H20N2O4. The van der Waals surface area contributed by atoms with Crippen LogP contribution in [0.1, 0.15) is 48.0 Å². The van der Waals surface area contributed by atoms with Gasteiger partial charge in [0.2, 0.25) is 0 Å². The Bertz CT molecular complexity index is 566. The Morgan fingerprint density at radius 2 is 2.05 bits per heavy atom. The molecule has 0 spiro atoms. The van der Waals surface area contributed by atoms with Crippen LogP contribution in [0.5, 0.6) is 0 Å². The van der Waals surface area contributed by atoms with E-state index in [1.54, 1.807) is 4.90 Å². The number of aromatic nitrogens is 1. The summed E-state index contributed by atoms with van der Waals surface area (Å²) in [4.78, 5) is 25.5. The molecule has 3 rings (SSSR count). The number of fused-ring (bicyclic) bond motifs is 1. The van der Waals surface area contributed by atoms with E-state index in [0.29, 0.717) is 18.7 Å². The van der Waals surface area contributed by atoms with Gasteiger partial charge in [-0.15, -0.1) is 0 Å². The fraction of sp³-hybridized carbons (Fsp3) is 0.667. The molecule has 2 atom stereocenters. The van der Waals surface area contributed by atoms with Crippen molar-refractivity contribution in [2.45, 2.75) is 39.0 Å². The monoisotopic (exact) mass is 292 g/mol. The zero-order valence-electron chi connectivity index (χ0n) is 12.2. The van der Waals surface area contributed by atoms with Crippen molar-refractivity contribution in [3.8, 4) is 0 Å². The summed E-state index contributed by atoms with van der Waals surface area (Å²) in [6, 6.07) is 0. The highest BCUT2D eigenvalue weighted by molar-refractivity contribution is 5.94. The van der Waals surface area contributed by atoms with Crippen LogP contribution < -0.4 is 0 Å². The summed E-state index contributed by atoms with van der Waals surface area (Å²) in [6.07, 6.45) is 4.39. The van der Waals surface area contributed by atoms with Gasteiger partial charge in [-0.25, -0.2) is 0 Å². The predicted octanol–water partition coefficient (Wildman–Crippen LogP) is 1.74. The second kappa shape index (κ2) is 5.50. The van der Waals surface area contributed by atoms with Gasteiger partial charge >= 0.3 is 5.97 Å². The fourth-order valence-corrected chi connectivity index (χ4v) is 3.40. The Kier molecular flexibility index (Phi) is 3.69. The standard InChI is InChI=1S/C15H20N2O4/c1-9-6-10(15(19)20)8-17(7-9)14(18)13-11-4-2-3-5-12(11)21-16-13/h9-10H,2-8H2,1H3,(H,19,20). The minimum absolute atomic E-state index is 0.181. The molecule has 1 N–H and O–H groups in total. The van der Waals surface area contributed by atoms with E-state index in [1.165, 1.54) is 0 Å². The molecule has 1 aliphatic heterocycles. The molecule has 1 saturated heterocycles. The van der Waals surface area contributed by atoms with Gasteiger partial charge in [0.25, 0.3) is 5.91 Å². The molecule has 1 aromatic heterocycles. The van der Waals surface area contributed by atoms with Crippen LogP contribution in [0.15, 0.2) is 4.52 Å². The minimum atomic E-state index is -0.832. The molecular weight excluding hydrogens is 272 g/mol. The van der Waals surface area contributed by atoms with Gasteiger partial charge in [-0.2, -0.15) is 0 Å². The number of nitrogens with zero attached hydrogens (tertiary/aromatic N) is 2. The first-order valence-electron chi connectivity index (χ1n) is 7.55. The van der Waals surface area contributed by atoms with Crippen molar-refractivity contribution < 1.29 is 19.2 Å². The van der Waals surface area contributed by atoms with Crippen LogP contribution in [0.2, 0.25) is 0 Å². The van der Waals surface area contributed by atoms with Gasteiger partial charge in [0.05, 0.1) is 5.92 Å². The third-order valence-electron chi connectivity index (χ3n) is 4.45. The van der Waals surface area contributed by atoms with E-state index in [2.05, 4.69) is 5.16 Å². The zero-order valence-corrected chi connectivity index (χ0v) is 12.2. The number of carboxylic acid groups (broad SMARTS) is 1. The highest BCUT2D eigenvalue weighted by atomic mass is 16.5. The van der Waals surface area contributed by atoms with Crippen molar-refractivity contribution in [3.05, 3.63) is 17.0 Å². The molecule has 2 unspecified atom stereocenters. The molecule has 6 heteroatoms. The van der Waals surface area contributed by atoms with E-state index in [0.717, 1.165) is 37.0 Å². The Balaban J connectivity index is 1.81. The highest BCUT2D eigenvalue weighted by Gasteiger charge is 2.35. The summed E-state index contributed by atoms with van der Waals surface area (Å²) in [5.74, 6) is -0.488. The van der Waals surface area contributed by atoms with Gasteiger partial charge in [-0.1, -0.05) is 12.1 Å². The Morgan fingerprint density at radius 3 is 2.81 bits per heavy atom. The maximum absolute atomic E-state index is 12.7. The smallest absolute Gasteiger partial charge is 0.308 e. The van der Waals surface area contributed by atoms with Crippen LogP contribution in [-0.4, -0.2) is 40.1 Å². The maximum Gasteiger partial charge on any atom is 0.308 e. The molecule has 0 saturated carbocycles. The van der Waals surface area contributed by atoms with E-state index < -0.39 is 11.9 Å². The van der Waals surface area contributed by atoms with Gasteiger partial charge in [-0.3, -0.25) is 9.59 Å². The molecule has 1 fully saturated rings. The largest absolute Gasteiger partial charge is 0.481 e. The predicted molar refractivity (Wildman–Crippen MR) is 74.0 cm³/mol. The minimum Gasteiger partial charge on any atom is -0.481 e. The normalized spacial score (nSPS) is 25.5. The van der Waals surface area contributed by atoms with Crippen molar-refractivity contribution >= 4 is 11.9 Å². The number of carboxylic acids is 1. The van der Waals surface area contributed by atoms with Gasteiger partial charge in [0.15, 0.2) is 5.69 Å². The molecule has 0 radical (unpaired) electrons. The molecule has 0 bridgehead atoms. The quantitative estimate of drug-likeness (QED) is 0.897. The van der Waals surface area contributed by atoms with Gasteiger partial charge in [-0.05, 0) is 31.6 Å². The highest BCUT2D eigenvalue weighted by Crippen LogP contribution is 2.28. The molecule has 114 valence electrons. The van der Waals surface area contributed by atoms with Crippen LogP contribution in [0.4, 0.5) is 0 Å². The maximum atomic E-state index is 12.7. The number of piperidine rings is 1. The van der Waals surface area contributed by atoms with E-state index in [1.807, 2.05) is 6.92 Å². The molecule has 1 aromatic rings. The third-order valence-corrected chi connectivity index (χ3v) is 4.45. The van der Waals surface area contributed by atoms with Gasteiger partial charge in [0.1, 0.15) is 5.76 Å². The average molecular weight is 292 g/mol. The first-order valence-corrected chi connectivity index (χ1v) is 7.55. The van der Waals surface area contributed by atoms with E-state index >= 15 is 0 Å². The number of hydrogen-bond acceptors (Lipinski definition) is 4. The second-order valence-corrected chi connectivity index (χ2v) is 6.23. The lowest BCUT2D eigenvalue weighted by molar-refractivity contribution is -0.143. The first kappa shape index (κ1) is 14.1. The van der Waals surface area contributed by atoms with Crippen LogP contribution >= 0.6 is 0 Å². The molecule has 1 aliphatic carbocycles. The molecule has 21 heavy (non-hydrogen) atoms. The summed E-state index contributed by atoms with van der Waals surface area (Å²) in [6.45, 7) is 2.83. The summed E-state index contributed by atoms with van der Waals surface area (Å²) < 4.78 is 5.29. The third kappa shape index (κ3) is 2.66. The Labute approximate surface area is 123 Å². The zero-order chi connectivity index (χ0) is 15.0. The lowest BCUT2D eigenvalue weighted by atomic mass is 9.90. The lowest BCUT2D eigenvalue weighted by Gasteiger charge is -2.34. The molecule has 1 amide bonds. The number of hydrogen-bond donors (Lipinski definition) is 1. The number of carbonyl (C=O) groups is 2. The van der Waals surface area contributed by atoms with Crippen molar-refractivity contribution in [1.82, 2.24) is 10.1 Å². The number of amides is 1. The van der Waals surface area contributed by atoms with E-state index in [4.69, 9.17) is 4.52 Å². The lowest BCUT2D eigenvalue weighted by Crippen LogP contribution is -2.45. The van der Waals surface area contributed by atoms with Crippen LogP contribution in [0.25, 0.3) is 0 Å². The fourth-order valence-electron chi connectivity index (χ4n) is 3.40. The van der Waals surface area contributed by atoms with Crippen molar-refractivity contribution in [1.29, 1.82) is 0 Å². The van der Waals surface area contributed by atoms with Crippen LogP contribution in [0, 0.1) is 11.8 Å². The first-order chi connectivity index (χ1) is 10.1. The second-order valence-electron chi connectivity index (χ2n) is 6.23. The van der Waals surface area contributed by atoms with Gasteiger partial charge < -0.3 is 14.5 Å². The van der Waals surface area contributed by atoms with Crippen molar-refractivity contribution in [2.24, 2.45) is 11.8 Å². The SMILES string of the molecule is CC1CC(C(=O)O)CN(C(=O)c2noc3c2CCCC3)C1. The van der Waals surface area contributed by atoms with Crippen LogP contribution in [-0.2, 0) is 17.6 Å². The number of likely N-dealkylation sites (tertiary alicyclic amines) is 1. The molecule has 2 aliphatic rings. The summed E-state index contributed by atoms with van der Waals surface area (Å²) in [5, 5.41) is 13.2. The van der Waals surface area contributed by atoms with E-state index in [9.17, 15) is 14.7 Å². The number of aryl methyl sites for hydroxylation is 1. The van der Waals surface area contributed by atoms with Gasteiger partial charge in [0, 0.05) is 25.1 Å². The average Bonchev–Trinajstić information content (AvgIpc) is 2.89. The Hall–Kier alpha value is -1.85. The van der Waals surface area contributed by atoms with E-state index in [-0.39, 0.29) is 18.4 Å². The summed E-state index contributed by atoms with van der Waals surface area (Å²) in [5.41, 5.74) is 1.32.